The van der Waals surface area contributed by atoms with Crippen molar-refractivity contribution in [1.29, 1.82) is 0 Å². The van der Waals surface area contributed by atoms with Gasteiger partial charge in [0.05, 0.1) is 0 Å². The van der Waals surface area contributed by atoms with Crippen LogP contribution < -0.4 is 0 Å². The van der Waals surface area contributed by atoms with E-state index in [1.54, 1.807) is 0 Å². The first-order valence-electron chi connectivity index (χ1n) is 7.80. The molecule has 0 aromatic heterocycles. The van der Waals surface area contributed by atoms with Crippen LogP contribution in [0.1, 0.15) is 30.9 Å². The van der Waals surface area contributed by atoms with Gasteiger partial charge in [-0.15, -0.1) is 0 Å². The van der Waals surface area contributed by atoms with Gasteiger partial charge < -0.3 is 4.90 Å². The molecule has 20 heavy (non-hydrogen) atoms. The lowest BCUT2D eigenvalue weighted by atomic mass is 9.86. The number of hydrogen-bond acceptors (Lipinski definition) is 1. The van der Waals surface area contributed by atoms with Crippen molar-refractivity contribution < 1.29 is 4.79 Å². The topological polar surface area (TPSA) is 20.3 Å². The van der Waals surface area contributed by atoms with Crippen LogP contribution in [0.25, 0.3) is 0 Å². The van der Waals surface area contributed by atoms with E-state index in [9.17, 15) is 4.79 Å². The van der Waals surface area contributed by atoms with E-state index < -0.39 is 0 Å². The molecule has 1 heterocycles. The standard InChI is InChI=1S/C18H23NO/c1-2-17(18(20)19-10-6-3-7-11-19)16-12-14-8-4-5-9-15(14)13-16/h3-6,8-9,16-17H,2,7,10-13H2,1H3. The second kappa shape index (κ2) is 5.82. The maximum atomic E-state index is 12.8. The molecule has 0 saturated heterocycles. The average Bonchev–Trinajstić information content (AvgIpc) is 2.92. The van der Waals surface area contributed by atoms with Crippen molar-refractivity contribution >= 4 is 5.91 Å². The van der Waals surface area contributed by atoms with E-state index in [4.69, 9.17) is 0 Å². The van der Waals surface area contributed by atoms with Crippen LogP contribution in [-0.4, -0.2) is 23.9 Å². The summed E-state index contributed by atoms with van der Waals surface area (Å²) in [6.45, 7) is 3.85. The van der Waals surface area contributed by atoms with Gasteiger partial charge in [-0.3, -0.25) is 4.79 Å². The van der Waals surface area contributed by atoms with E-state index in [1.807, 2.05) is 4.90 Å². The van der Waals surface area contributed by atoms with E-state index in [0.29, 0.717) is 11.8 Å². The third-order valence-electron chi connectivity index (χ3n) is 4.78. The van der Waals surface area contributed by atoms with Crippen molar-refractivity contribution in [2.24, 2.45) is 11.8 Å². The Morgan fingerprint density at radius 2 is 1.95 bits per heavy atom. The number of fused-ring (bicyclic) bond motifs is 1. The van der Waals surface area contributed by atoms with E-state index in [-0.39, 0.29) is 5.92 Å². The summed E-state index contributed by atoms with van der Waals surface area (Å²) in [5.74, 6) is 1.05. The first kappa shape index (κ1) is 13.4. The molecule has 0 fully saturated rings. The van der Waals surface area contributed by atoms with Gasteiger partial charge in [-0.05, 0) is 42.7 Å². The number of benzene rings is 1. The predicted molar refractivity (Wildman–Crippen MR) is 81.5 cm³/mol. The summed E-state index contributed by atoms with van der Waals surface area (Å²) in [4.78, 5) is 14.8. The van der Waals surface area contributed by atoms with Gasteiger partial charge in [-0.25, -0.2) is 0 Å². The minimum Gasteiger partial charge on any atom is -0.338 e. The minimum atomic E-state index is 0.189. The van der Waals surface area contributed by atoms with Crippen LogP contribution in [0, 0.1) is 11.8 Å². The van der Waals surface area contributed by atoms with Gasteiger partial charge in [0.15, 0.2) is 0 Å². The molecular formula is C18H23NO. The summed E-state index contributed by atoms with van der Waals surface area (Å²) < 4.78 is 0. The molecule has 1 unspecified atom stereocenters. The number of carbonyl (C=O) groups excluding carboxylic acids is 1. The van der Waals surface area contributed by atoms with Crippen LogP contribution in [-0.2, 0) is 17.6 Å². The largest absolute Gasteiger partial charge is 0.338 e. The van der Waals surface area contributed by atoms with Crippen molar-refractivity contribution in [3.05, 3.63) is 47.5 Å². The Morgan fingerprint density at radius 3 is 2.50 bits per heavy atom. The quantitative estimate of drug-likeness (QED) is 0.772. The lowest BCUT2D eigenvalue weighted by Gasteiger charge is -2.30. The molecule has 2 nitrogen and oxygen atoms in total. The molecule has 1 aromatic rings. The molecule has 0 bridgehead atoms. The Balaban J connectivity index is 1.72. The zero-order valence-corrected chi connectivity index (χ0v) is 12.2. The summed E-state index contributed by atoms with van der Waals surface area (Å²) in [5, 5.41) is 0. The molecule has 1 amide bonds. The first-order chi connectivity index (χ1) is 9.79. The molecule has 0 radical (unpaired) electrons. The van der Waals surface area contributed by atoms with E-state index >= 15 is 0 Å². The van der Waals surface area contributed by atoms with Crippen molar-refractivity contribution in [2.45, 2.75) is 32.6 Å². The highest BCUT2D eigenvalue weighted by Gasteiger charge is 2.34. The van der Waals surface area contributed by atoms with Crippen LogP contribution in [0.4, 0.5) is 0 Å². The molecule has 1 aliphatic carbocycles. The third kappa shape index (κ3) is 2.52. The van der Waals surface area contributed by atoms with Crippen LogP contribution in [0.15, 0.2) is 36.4 Å². The van der Waals surface area contributed by atoms with Gasteiger partial charge in [0, 0.05) is 19.0 Å². The highest BCUT2D eigenvalue weighted by molar-refractivity contribution is 5.79. The van der Waals surface area contributed by atoms with Crippen molar-refractivity contribution in [1.82, 2.24) is 4.90 Å². The average molecular weight is 269 g/mol. The normalized spacial score (nSPS) is 19.9. The molecule has 106 valence electrons. The van der Waals surface area contributed by atoms with Crippen molar-refractivity contribution in [3.63, 3.8) is 0 Å². The highest BCUT2D eigenvalue weighted by atomic mass is 16.2. The SMILES string of the molecule is CCC(C(=O)N1CC=CCC1)C1Cc2ccccc2C1. The molecule has 1 atom stereocenters. The van der Waals surface area contributed by atoms with Crippen LogP contribution in [0.3, 0.4) is 0 Å². The fourth-order valence-electron chi connectivity index (χ4n) is 3.66. The second-order valence-electron chi connectivity index (χ2n) is 6.00. The minimum absolute atomic E-state index is 0.189. The number of rotatable bonds is 3. The third-order valence-corrected chi connectivity index (χ3v) is 4.78. The molecule has 1 aliphatic heterocycles. The number of carbonyl (C=O) groups is 1. The fourth-order valence-corrected chi connectivity index (χ4v) is 3.66. The maximum absolute atomic E-state index is 12.8. The van der Waals surface area contributed by atoms with E-state index in [1.165, 1.54) is 11.1 Å². The van der Waals surface area contributed by atoms with Crippen molar-refractivity contribution in [2.75, 3.05) is 13.1 Å². The number of amides is 1. The Labute approximate surface area is 121 Å². The lowest BCUT2D eigenvalue weighted by molar-refractivity contribution is -0.137. The molecule has 0 spiro atoms. The van der Waals surface area contributed by atoms with Gasteiger partial charge in [-0.1, -0.05) is 43.3 Å². The number of nitrogens with zero attached hydrogens (tertiary/aromatic N) is 1. The summed E-state index contributed by atoms with van der Waals surface area (Å²) in [7, 11) is 0. The second-order valence-corrected chi connectivity index (χ2v) is 6.00. The Bertz CT molecular complexity index is 495. The summed E-state index contributed by atoms with van der Waals surface area (Å²) in [5.41, 5.74) is 2.89. The molecule has 3 rings (SSSR count). The van der Waals surface area contributed by atoms with Crippen LogP contribution >= 0.6 is 0 Å². The van der Waals surface area contributed by atoms with Gasteiger partial charge in [0.25, 0.3) is 0 Å². The molecule has 2 heteroatoms. The molecule has 1 aromatic carbocycles. The number of hydrogen-bond donors (Lipinski definition) is 0. The lowest BCUT2D eigenvalue weighted by Crippen LogP contribution is -2.40. The zero-order chi connectivity index (χ0) is 13.9. The van der Waals surface area contributed by atoms with E-state index in [0.717, 1.165) is 38.8 Å². The zero-order valence-electron chi connectivity index (χ0n) is 12.2. The first-order valence-corrected chi connectivity index (χ1v) is 7.80. The van der Waals surface area contributed by atoms with Gasteiger partial charge in [-0.2, -0.15) is 0 Å². The van der Waals surface area contributed by atoms with Crippen LogP contribution in [0.5, 0.6) is 0 Å². The van der Waals surface area contributed by atoms with E-state index in [2.05, 4.69) is 43.3 Å². The van der Waals surface area contributed by atoms with Gasteiger partial charge in [0.2, 0.25) is 5.91 Å². The summed E-state index contributed by atoms with van der Waals surface area (Å²) in [6.07, 6.45) is 8.41. The Kier molecular flexibility index (Phi) is 3.90. The Hall–Kier alpha value is -1.57. The van der Waals surface area contributed by atoms with Crippen molar-refractivity contribution in [3.8, 4) is 0 Å². The molecule has 2 aliphatic rings. The van der Waals surface area contributed by atoms with Crippen LogP contribution in [0.2, 0.25) is 0 Å². The monoisotopic (exact) mass is 269 g/mol. The fraction of sp³-hybridized carbons (Fsp3) is 0.500. The maximum Gasteiger partial charge on any atom is 0.226 e. The predicted octanol–water partition coefficient (Wildman–Crippen LogP) is 3.22. The molecular weight excluding hydrogens is 246 g/mol. The molecule has 0 N–H and O–H groups in total. The Morgan fingerprint density at radius 1 is 1.25 bits per heavy atom. The van der Waals surface area contributed by atoms with Gasteiger partial charge >= 0.3 is 0 Å². The summed E-state index contributed by atoms with van der Waals surface area (Å²) >= 11 is 0. The highest BCUT2D eigenvalue weighted by Crippen LogP contribution is 2.34. The summed E-state index contributed by atoms with van der Waals surface area (Å²) in [6, 6.07) is 8.66. The van der Waals surface area contributed by atoms with Gasteiger partial charge in [0.1, 0.15) is 0 Å². The smallest absolute Gasteiger partial charge is 0.226 e. The molecule has 0 saturated carbocycles.